The third-order valence-electron chi connectivity index (χ3n) is 7.83. The van der Waals surface area contributed by atoms with Crippen LogP contribution in [-0.2, 0) is 0 Å². The van der Waals surface area contributed by atoms with E-state index in [0.29, 0.717) is 34.7 Å². The van der Waals surface area contributed by atoms with Gasteiger partial charge in [-0.05, 0) is 73.4 Å². The molecule has 42 heavy (non-hydrogen) atoms. The lowest BCUT2D eigenvalue weighted by atomic mass is 10.1. The number of hydrogen-bond acceptors (Lipinski definition) is 9. The quantitative estimate of drug-likeness (QED) is 0.219. The number of likely N-dealkylation sites (N-methyl/N-ethyl adjacent to an activating group) is 1. The lowest BCUT2D eigenvalue weighted by Crippen LogP contribution is -2.44. The van der Waals surface area contributed by atoms with Crippen molar-refractivity contribution in [3.63, 3.8) is 0 Å². The summed E-state index contributed by atoms with van der Waals surface area (Å²) in [6.07, 6.45) is 4.20. The summed E-state index contributed by atoms with van der Waals surface area (Å²) in [4.78, 5) is 18.8. The van der Waals surface area contributed by atoms with Crippen molar-refractivity contribution in [2.45, 2.75) is 18.8 Å². The minimum Gasteiger partial charge on any atom is -0.494 e. The zero-order chi connectivity index (χ0) is 29.4. The van der Waals surface area contributed by atoms with Gasteiger partial charge in [0.1, 0.15) is 17.6 Å². The van der Waals surface area contributed by atoms with E-state index in [4.69, 9.17) is 14.7 Å². The number of methoxy groups -OCH3 is 1. The zero-order valence-corrected chi connectivity index (χ0v) is 26.8. The van der Waals surface area contributed by atoms with Crippen molar-refractivity contribution < 1.29 is 4.74 Å². The summed E-state index contributed by atoms with van der Waals surface area (Å²) in [7, 11) is 3.31. The number of hydrogen-bond donors (Lipinski definition) is 2. The smallest absolute Gasteiger partial charge is 0.229 e. The van der Waals surface area contributed by atoms with Gasteiger partial charge in [0.05, 0.1) is 34.0 Å². The number of nitrogens with zero attached hydrogens (tertiary/aromatic N) is 6. The molecule has 0 amide bonds. The van der Waals surface area contributed by atoms with Gasteiger partial charge >= 0.3 is 0 Å². The van der Waals surface area contributed by atoms with E-state index in [1.807, 2.05) is 12.1 Å². The first-order valence-corrected chi connectivity index (χ1v) is 17.1. The van der Waals surface area contributed by atoms with Crippen LogP contribution in [0.5, 0.6) is 5.75 Å². The molecule has 1 aliphatic carbocycles. The fourth-order valence-electron chi connectivity index (χ4n) is 5.39. The molecule has 1 saturated carbocycles. The number of nitriles is 1. The molecule has 2 aliphatic rings. The number of halogens is 1. The highest BCUT2D eigenvalue weighted by Crippen LogP contribution is 2.41. The summed E-state index contributed by atoms with van der Waals surface area (Å²) in [6, 6.07) is 14.7. The highest BCUT2D eigenvalue weighted by atomic mass is 79.9. The minimum atomic E-state index is -0.433. The standard InChI is InChI=1S/C31H34BrN8OP/c1-39-11-13-40(14-12-39)27-16-28(41-2)26(15-20(27)17-33)37-31-34-18-22(32)30(38-31)36-25-10-9-24-21(29(25)42(3)4)7-8-23(35-24)19-5-6-19/h7-10,15-16,18-19H,5-6,11-14H2,1-4H3,(H2,34,36,37,38). The van der Waals surface area contributed by atoms with Crippen LogP contribution in [0.25, 0.3) is 10.9 Å². The Morgan fingerprint density at radius 3 is 2.50 bits per heavy atom. The topological polar surface area (TPSA) is 102 Å². The Morgan fingerprint density at radius 1 is 1.02 bits per heavy atom. The van der Waals surface area contributed by atoms with Crippen LogP contribution in [0.2, 0.25) is 0 Å². The molecule has 2 N–H and O–H groups in total. The van der Waals surface area contributed by atoms with Gasteiger partial charge in [-0.1, -0.05) is 14.0 Å². The third-order valence-corrected chi connectivity index (χ3v) is 9.79. The summed E-state index contributed by atoms with van der Waals surface area (Å²) < 4.78 is 6.48. The second-order valence-corrected chi connectivity index (χ2v) is 14.1. The van der Waals surface area contributed by atoms with E-state index in [1.54, 1.807) is 13.3 Å². The summed E-state index contributed by atoms with van der Waals surface area (Å²) in [6.45, 7) is 8.14. The molecule has 216 valence electrons. The Morgan fingerprint density at radius 2 is 1.81 bits per heavy atom. The number of benzene rings is 2. The Kier molecular flexibility index (Phi) is 8.17. The molecule has 0 bridgehead atoms. The normalized spacial score (nSPS) is 15.6. The fraction of sp³-hybridized carbons (Fsp3) is 0.355. The molecule has 0 unspecified atom stereocenters. The molecule has 2 aromatic heterocycles. The summed E-state index contributed by atoms with van der Waals surface area (Å²) in [5.41, 5.74) is 5.34. The molecule has 0 radical (unpaired) electrons. The molecule has 3 heterocycles. The van der Waals surface area contributed by atoms with Crippen molar-refractivity contribution in [2.24, 2.45) is 0 Å². The first-order chi connectivity index (χ1) is 20.3. The maximum Gasteiger partial charge on any atom is 0.229 e. The van der Waals surface area contributed by atoms with Crippen LogP contribution in [0.3, 0.4) is 0 Å². The maximum atomic E-state index is 9.99. The van der Waals surface area contributed by atoms with Gasteiger partial charge in [0, 0.05) is 66.4 Å². The van der Waals surface area contributed by atoms with Crippen LogP contribution in [0.4, 0.5) is 28.8 Å². The molecule has 2 aromatic carbocycles. The van der Waals surface area contributed by atoms with E-state index >= 15 is 0 Å². The van der Waals surface area contributed by atoms with E-state index in [9.17, 15) is 5.26 Å². The van der Waals surface area contributed by atoms with E-state index in [2.05, 4.69) is 92.1 Å². The molecule has 11 heteroatoms. The van der Waals surface area contributed by atoms with Crippen molar-refractivity contribution >= 4 is 68.9 Å². The number of aromatic nitrogens is 3. The molecule has 1 aliphatic heterocycles. The second-order valence-electron chi connectivity index (χ2n) is 11.0. The molecule has 1 saturated heterocycles. The monoisotopic (exact) mass is 644 g/mol. The zero-order valence-electron chi connectivity index (χ0n) is 24.3. The van der Waals surface area contributed by atoms with E-state index in [1.165, 1.54) is 29.2 Å². The number of pyridine rings is 1. The van der Waals surface area contributed by atoms with E-state index in [-0.39, 0.29) is 0 Å². The van der Waals surface area contributed by atoms with Crippen molar-refractivity contribution in [3.8, 4) is 11.8 Å². The number of piperazine rings is 1. The molecular weight excluding hydrogens is 611 g/mol. The van der Waals surface area contributed by atoms with Gasteiger partial charge < -0.3 is 25.2 Å². The molecular formula is C31H34BrN8OP. The number of ether oxygens (including phenoxy) is 1. The maximum absolute atomic E-state index is 9.99. The average molecular weight is 646 g/mol. The Balaban J connectivity index is 1.30. The molecule has 9 nitrogen and oxygen atoms in total. The Hall–Kier alpha value is -3.51. The first kappa shape index (κ1) is 28.6. The molecule has 4 aromatic rings. The number of nitrogens with one attached hydrogen (secondary N) is 2. The van der Waals surface area contributed by atoms with Crippen molar-refractivity contribution in [1.82, 2.24) is 19.9 Å². The molecule has 2 fully saturated rings. The van der Waals surface area contributed by atoms with Gasteiger partial charge in [-0.3, -0.25) is 4.98 Å². The molecule has 6 rings (SSSR count). The van der Waals surface area contributed by atoms with Crippen LogP contribution in [0.15, 0.2) is 47.1 Å². The van der Waals surface area contributed by atoms with Gasteiger partial charge in [-0.2, -0.15) is 10.2 Å². The van der Waals surface area contributed by atoms with Crippen LogP contribution in [0, 0.1) is 11.3 Å². The van der Waals surface area contributed by atoms with Crippen molar-refractivity contribution in [3.05, 3.63) is 58.3 Å². The van der Waals surface area contributed by atoms with Gasteiger partial charge in [0.2, 0.25) is 5.95 Å². The van der Waals surface area contributed by atoms with Crippen molar-refractivity contribution in [2.75, 3.05) is 69.2 Å². The summed E-state index contributed by atoms with van der Waals surface area (Å²) in [5.74, 6) is 2.28. The highest BCUT2D eigenvalue weighted by Gasteiger charge is 2.26. The second kappa shape index (κ2) is 12.0. The Bertz CT molecular complexity index is 1680. The summed E-state index contributed by atoms with van der Waals surface area (Å²) in [5, 5.41) is 19.3. The van der Waals surface area contributed by atoms with E-state index in [0.717, 1.165) is 47.5 Å². The SMILES string of the molecule is COc1cc(N2CCN(C)CC2)c(C#N)cc1Nc1ncc(Br)c(Nc2ccc3nc(C4CC4)ccc3c2P(C)C)n1. The number of fused-ring (bicyclic) bond motifs is 1. The summed E-state index contributed by atoms with van der Waals surface area (Å²) >= 11 is 3.63. The fourth-order valence-corrected chi connectivity index (χ4v) is 6.96. The third kappa shape index (κ3) is 5.87. The molecule has 0 spiro atoms. The Labute approximate surface area is 256 Å². The van der Waals surface area contributed by atoms with Gasteiger partial charge in [-0.15, -0.1) is 0 Å². The number of anilines is 5. The minimum absolute atomic E-state index is 0.392. The van der Waals surface area contributed by atoms with Gasteiger partial charge in [0.25, 0.3) is 0 Å². The van der Waals surface area contributed by atoms with Gasteiger partial charge in [-0.25, -0.2) is 4.98 Å². The average Bonchev–Trinajstić information content (AvgIpc) is 3.84. The van der Waals surface area contributed by atoms with Crippen LogP contribution >= 0.6 is 23.9 Å². The number of rotatable bonds is 8. The predicted molar refractivity (Wildman–Crippen MR) is 176 cm³/mol. The van der Waals surface area contributed by atoms with Crippen LogP contribution in [0.1, 0.15) is 30.0 Å². The first-order valence-electron chi connectivity index (χ1n) is 14.1. The lowest BCUT2D eigenvalue weighted by molar-refractivity contribution is 0.312. The van der Waals surface area contributed by atoms with E-state index < -0.39 is 7.92 Å². The van der Waals surface area contributed by atoms with Crippen LogP contribution < -0.4 is 25.6 Å². The lowest BCUT2D eigenvalue weighted by Gasteiger charge is -2.34. The molecule has 0 atom stereocenters. The van der Waals surface area contributed by atoms with Crippen LogP contribution in [-0.4, -0.2) is 73.5 Å². The predicted octanol–water partition coefficient (Wildman–Crippen LogP) is 6.15. The van der Waals surface area contributed by atoms with Gasteiger partial charge in [0.15, 0.2) is 0 Å². The van der Waals surface area contributed by atoms with Crippen molar-refractivity contribution in [1.29, 1.82) is 5.26 Å². The largest absolute Gasteiger partial charge is 0.494 e. The highest BCUT2D eigenvalue weighted by molar-refractivity contribution is 9.10.